The standard InChI is InChI=1S/C22H18ClF3N2O4S/c1-15-6-12-18(13-7-15)33(30,31)28(20-5-3-2-4-19(20)23)14-21(29)27-16-8-10-17(11-9-16)32-22(24,25)26/h2-13H,14H2,1H3,(H,27,29). The summed E-state index contributed by atoms with van der Waals surface area (Å²) in [5, 5.41) is 2.58. The van der Waals surface area contributed by atoms with E-state index in [4.69, 9.17) is 11.6 Å². The Morgan fingerprint density at radius 2 is 1.61 bits per heavy atom. The third-order valence-electron chi connectivity index (χ3n) is 4.39. The van der Waals surface area contributed by atoms with Crippen molar-refractivity contribution in [3.8, 4) is 5.75 Å². The monoisotopic (exact) mass is 498 g/mol. The predicted molar refractivity (Wildman–Crippen MR) is 119 cm³/mol. The van der Waals surface area contributed by atoms with Gasteiger partial charge in [-0.1, -0.05) is 41.4 Å². The molecule has 0 fully saturated rings. The fourth-order valence-corrected chi connectivity index (χ4v) is 4.59. The third-order valence-corrected chi connectivity index (χ3v) is 6.48. The normalized spacial score (nSPS) is 11.7. The number of para-hydroxylation sites is 1. The number of nitrogens with zero attached hydrogens (tertiary/aromatic N) is 1. The molecule has 0 spiro atoms. The van der Waals surface area contributed by atoms with Crippen LogP contribution in [-0.4, -0.2) is 27.2 Å². The highest BCUT2D eigenvalue weighted by Crippen LogP contribution is 2.30. The Labute approximate surface area is 193 Å². The molecule has 33 heavy (non-hydrogen) atoms. The van der Waals surface area contributed by atoms with E-state index in [-0.39, 0.29) is 21.3 Å². The number of nitrogens with one attached hydrogen (secondary N) is 1. The highest BCUT2D eigenvalue weighted by Gasteiger charge is 2.31. The molecule has 0 saturated carbocycles. The molecule has 0 aliphatic heterocycles. The van der Waals surface area contributed by atoms with E-state index in [0.29, 0.717) is 0 Å². The lowest BCUT2D eigenvalue weighted by Gasteiger charge is -2.25. The fourth-order valence-electron chi connectivity index (χ4n) is 2.86. The van der Waals surface area contributed by atoms with E-state index in [2.05, 4.69) is 10.1 Å². The number of amides is 1. The zero-order valence-corrected chi connectivity index (χ0v) is 18.7. The number of carbonyl (C=O) groups excluding carboxylic acids is 1. The van der Waals surface area contributed by atoms with Gasteiger partial charge in [-0.05, 0) is 55.5 Å². The second-order valence-corrected chi connectivity index (χ2v) is 9.17. The maximum Gasteiger partial charge on any atom is 0.573 e. The van der Waals surface area contributed by atoms with Gasteiger partial charge in [-0.2, -0.15) is 0 Å². The van der Waals surface area contributed by atoms with Crippen LogP contribution in [0.2, 0.25) is 5.02 Å². The highest BCUT2D eigenvalue weighted by molar-refractivity contribution is 7.92. The summed E-state index contributed by atoms with van der Waals surface area (Å²) in [7, 11) is -4.16. The van der Waals surface area contributed by atoms with E-state index in [1.165, 1.54) is 36.4 Å². The number of halogens is 4. The Kier molecular flexibility index (Phi) is 7.19. The van der Waals surface area contributed by atoms with Gasteiger partial charge in [0.25, 0.3) is 10.0 Å². The van der Waals surface area contributed by atoms with Gasteiger partial charge in [-0.3, -0.25) is 9.10 Å². The molecule has 0 unspecified atom stereocenters. The Hall–Kier alpha value is -3.24. The first kappa shape index (κ1) is 24.4. The summed E-state index contributed by atoms with van der Waals surface area (Å²) in [6, 6.07) is 16.7. The molecule has 0 atom stereocenters. The van der Waals surface area contributed by atoms with Crippen LogP contribution < -0.4 is 14.4 Å². The van der Waals surface area contributed by atoms with Crippen LogP contribution >= 0.6 is 11.6 Å². The quantitative estimate of drug-likeness (QED) is 0.474. The number of anilines is 2. The first-order valence-electron chi connectivity index (χ1n) is 9.45. The van der Waals surface area contributed by atoms with Gasteiger partial charge in [0.05, 0.1) is 15.6 Å². The summed E-state index contributed by atoms with van der Waals surface area (Å²) < 4.78 is 68.2. The van der Waals surface area contributed by atoms with Crippen LogP contribution in [0.3, 0.4) is 0 Å². The molecule has 0 saturated heterocycles. The Balaban J connectivity index is 1.85. The van der Waals surface area contributed by atoms with Crippen LogP contribution in [-0.2, 0) is 14.8 Å². The fraction of sp³-hybridized carbons (Fsp3) is 0.136. The summed E-state index contributed by atoms with van der Waals surface area (Å²) >= 11 is 6.21. The molecule has 1 N–H and O–H groups in total. The van der Waals surface area contributed by atoms with Crippen molar-refractivity contribution in [1.82, 2.24) is 0 Å². The SMILES string of the molecule is Cc1ccc(S(=O)(=O)N(CC(=O)Nc2ccc(OC(F)(F)F)cc2)c2ccccc2Cl)cc1. The van der Waals surface area contributed by atoms with Crippen molar-refractivity contribution in [3.63, 3.8) is 0 Å². The summed E-state index contributed by atoms with van der Waals surface area (Å²) in [5.41, 5.74) is 1.11. The van der Waals surface area contributed by atoms with Gasteiger partial charge in [-0.25, -0.2) is 8.42 Å². The third kappa shape index (κ3) is 6.39. The van der Waals surface area contributed by atoms with Crippen molar-refractivity contribution in [2.24, 2.45) is 0 Å². The van der Waals surface area contributed by atoms with E-state index >= 15 is 0 Å². The molecule has 3 aromatic rings. The van der Waals surface area contributed by atoms with Crippen LogP contribution in [0.15, 0.2) is 77.7 Å². The van der Waals surface area contributed by atoms with E-state index in [1.807, 2.05) is 0 Å². The molecule has 0 aliphatic carbocycles. The van der Waals surface area contributed by atoms with Crippen molar-refractivity contribution in [2.75, 3.05) is 16.2 Å². The minimum absolute atomic E-state index is 0.0329. The lowest BCUT2D eigenvalue weighted by molar-refractivity contribution is -0.274. The Morgan fingerprint density at radius 1 is 1.00 bits per heavy atom. The van der Waals surface area contributed by atoms with Gasteiger partial charge < -0.3 is 10.1 Å². The number of alkyl halides is 3. The van der Waals surface area contributed by atoms with Gasteiger partial charge in [0, 0.05) is 5.69 Å². The number of carbonyl (C=O) groups is 1. The van der Waals surface area contributed by atoms with E-state index in [1.54, 1.807) is 31.2 Å². The molecule has 174 valence electrons. The van der Waals surface area contributed by atoms with Crippen LogP contribution in [0.25, 0.3) is 0 Å². The molecular weight excluding hydrogens is 481 g/mol. The summed E-state index contributed by atoms with van der Waals surface area (Å²) in [6.45, 7) is 1.18. The van der Waals surface area contributed by atoms with Gasteiger partial charge in [0.15, 0.2) is 0 Å². The number of ether oxygens (including phenoxy) is 1. The molecule has 6 nitrogen and oxygen atoms in total. The molecule has 11 heteroatoms. The molecule has 1 amide bonds. The van der Waals surface area contributed by atoms with Gasteiger partial charge in [0.2, 0.25) is 5.91 Å². The average Bonchev–Trinajstić information content (AvgIpc) is 2.73. The van der Waals surface area contributed by atoms with E-state index < -0.39 is 34.6 Å². The number of hydrogen-bond donors (Lipinski definition) is 1. The van der Waals surface area contributed by atoms with E-state index in [0.717, 1.165) is 22.0 Å². The predicted octanol–water partition coefficient (Wildman–Crippen LogP) is 5.38. The average molecular weight is 499 g/mol. The summed E-state index contributed by atoms with van der Waals surface area (Å²) in [6.07, 6.45) is -4.84. The summed E-state index contributed by atoms with van der Waals surface area (Å²) in [4.78, 5) is 12.6. The maximum absolute atomic E-state index is 13.3. The van der Waals surface area contributed by atoms with Crippen LogP contribution in [0.5, 0.6) is 5.75 Å². The number of benzene rings is 3. The minimum atomic E-state index is -4.84. The van der Waals surface area contributed by atoms with Crippen molar-refractivity contribution in [1.29, 1.82) is 0 Å². The molecule has 0 heterocycles. The zero-order valence-electron chi connectivity index (χ0n) is 17.1. The largest absolute Gasteiger partial charge is 0.573 e. The number of hydrogen-bond acceptors (Lipinski definition) is 4. The van der Waals surface area contributed by atoms with Crippen LogP contribution in [0.1, 0.15) is 5.56 Å². The number of rotatable bonds is 7. The first-order valence-corrected chi connectivity index (χ1v) is 11.3. The van der Waals surface area contributed by atoms with Crippen molar-refractivity contribution in [2.45, 2.75) is 18.2 Å². The topological polar surface area (TPSA) is 75.7 Å². The van der Waals surface area contributed by atoms with Crippen LogP contribution in [0.4, 0.5) is 24.5 Å². The molecule has 0 aromatic heterocycles. The zero-order chi connectivity index (χ0) is 24.2. The molecule has 3 aromatic carbocycles. The molecule has 0 aliphatic rings. The second kappa shape index (κ2) is 9.72. The summed E-state index contributed by atoms with van der Waals surface area (Å²) in [5.74, 6) is -1.18. The second-order valence-electron chi connectivity index (χ2n) is 6.90. The van der Waals surface area contributed by atoms with Crippen LogP contribution in [0, 0.1) is 6.92 Å². The maximum atomic E-state index is 13.3. The minimum Gasteiger partial charge on any atom is -0.406 e. The van der Waals surface area contributed by atoms with E-state index in [9.17, 15) is 26.4 Å². The number of aryl methyl sites for hydroxylation is 1. The molecular formula is C22H18ClF3N2O4S. The van der Waals surface area contributed by atoms with Crippen molar-refractivity contribution < 1.29 is 31.1 Å². The van der Waals surface area contributed by atoms with Crippen molar-refractivity contribution in [3.05, 3.63) is 83.4 Å². The number of sulfonamides is 1. The van der Waals surface area contributed by atoms with Gasteiger partial charge in [-0.15, -0.1) is 13.2 Å². The lowest BCUT2D eigenvalue weighted by atomic mass is 10.2. The smallest absolute Gasteiger partial charge is 0.406 e. The highest BCUT2D eigenvalue weighted by atomic mass is 35.5. The Bertz CT molecular complexity index is 1230. The molecule has 0 radical (unpaired) electrons. The molecule has 0 bridgehead atoms. The Morgan fingerprint density at radius 3 is 2.18 bits per heavy atom. The lowest BCUT2D eigenvalue weighted by Crippen LogP contribution is -2.38. The molecule has 3 rings (SSSR count). The first-order chi connectivity index (χ1) is 15.5. The van der Waals surface area contributed by atoms with Gasteiger partial charge >= 0.3 is 6.36 Å². The van der Waals surface area contributed by atoms with Crippen molar-refractivity contribution >= 4 is 38.9 Å². The van der Waals surface area contributed by atoms with Gasteiger partial charge in [0.1, 0.15) is 12.3 Å².